The molecule has 1 amide bonds. The fraction of sp³-hybridized carbons (Fsp3) is 0.692. The van der Waals surface area contributed by atoms with Crippen LogP contribution >= 0.6 is 0 Å². The molecule has 1 N–H and O–H groups in total. The highest BCUT2D eigenvalue weighted by molar-refractivity contribution is 5.76. The van der Waals surface area contributed by atoms with Crippen LogP contribution in [0.1, 0.15) is 32.6 Å². The van der Waals surface area contributed by atoms with E-state index in [4.69, 9.17) is 0 Å². The van der Waals surface area contributed by atoms with Gasteiger partial charge in [-0.25, -0.2) is 9.78 Å². The number of carbonyl (C=O) groups excluding carboxylic acids is 1. The van der Waals surface area contributed by atoms with Crippen LogP contribution in [0.4, 0.5) is 4.79 Å². The summed E-state index contributed by atoms with van der Waals surface area (Å²) < 4.78 is 1.50. The molecule has 2 fully saturated rings. The third-order valence-electron chi connectivity index (χ3n) is 4.53. The Morgan fingerprint density at radius 1 is 1.47 bits per heavy atom. The number of hydrogen-bond donors (Lipinski definition) is 1. The van der Waals surface area contributed by atoms with Crippen LogP contribution < -0.4 is 5.32 Å². The quantitative estimate of drug-likeness (QED) is 0.851. The van der Waals surface area contributed by atoms with E-state index in [0.717, 1.165) is 11.8 Å². The zero-order valence-electron chi connectivity index (χ0n) is 10.2. The van der Waals surface area contributed by atoms with Crippen LogP contribution in [0.5, 0.6) is 0 Å². The zero-order valence-corrected chi connectivity index (χ0v) is 10.2. The average Bonchev–Trinajstić information content (AvgIpc) is 3.05. The Morgan fingerprint density at radius 3 is 2.94 bits per heavy atom. The van der Waals surface area contributed by atoms with Crippen molar-refractivity contribution >= 4 is 6.03 Å². The van der Waals surface area contributed by atoms with Gasteiger partial charge in [0.25, 0.3) is 0 Å². The summed E-state index contributed by atoms with van der Waals surface area (Å²) in [6.45, 7) is 2.14. The monoisotopic (exact) mass is 233 g/mol. The number of fused-ring (bicyclic) bond motifs is 2. The molecule has 2 bridgehead atoms. The van der Waals surface area contributed by atoms with Gasteiger partial charge in [-0.05, 0) is 43.9 Å². The second-order valence-corrected chi connectivity index (χ2v) is 5.55. The van der Waals surface area contributed by atoms with Crippen molar-refractivity contribution in [2.24, 2.45) is 17.8 Å². The maximum atomic E-state index is 11.9. The number of amides is 1. The molecule has 2 aliphatic rings. The first kappa shape index (κ1) is 10.8. The van der Waals surface area contributed by atoms with Gasteiger partial charge in [0.2, 0.25) is 0 Å². The maximum Gasteiger partial charge on any atom is 0.327 e. The summed E-state index contributed by atoms with van der Waals surface area (Å²) in [5, 5.41) is 3.09. The molecular weight excluding hydrogens is 214 g/mol. The Balaban J connectivity index is 1.60. The van der Waals surface area contributed by atoms with Gasteiger partial charge in [0.05, 0.1) is 0 Å². The van der Waals surface area contributed by atoms with E-state index in [1.54, 1.807) is 18.7 Å². The van der Waals surface area contributed by atoms with Crippen molar-refractivity contribution < 1.29 is 4.79 Å². The number of carbonyl (C=O) groups is 1. The smallest absolute Gasteiger partial charge is 0.327 e. The molecule has 1 heterocycles. The van der Waals surface area contributed by atoms with Crippen molar-refractivity contribution in [3.8, 4) is 0 Å². The lowest BCUT2D eigenvalue weighted by atomic mass is 9.84. The first-order valence-electron chi connectivity index (χ1n) is 6.53. The van der Waals surface area contributed by atoms with Gasteiger partial charge in [0, 0.05) is 18.4 Å². The van der Waals surface area contributed by atoms with Crippen LogP contribution in [0.2, 0.25) is 0 Å². The Labute approximate surface area is 101 Å². The average molecular weight is 233 g/mol. The Morgan fingerprint density at radius 2 is 2.35 bits per heavy atom. The number of hydrogen-bond acceptors (Lipinski definition) is 2. The maximum absolute atomic E-state index is 11.9. The molecule has 0 radical (unpaired) electrons. The zero-order chi connectivity index (χ0) is 11.8. The normalized spacial score (nSPS) is 32.6. The fourth-order valence-electron chi connectivity index (χ4n) is 3.66. The van der Waals surface area contributed by atoms with Crippen LogP contribution in [0.3, 0.4) is 0 Å². The van der Waals surface area contributed by atoms with E-state index < -0.39 is 0 Å². The highest BCUT2D eigenvalue weighted by Crippen LogP contribution is 2.49. The molecule has 0 aromatic carbocycles. The molecule has 0 spiro atoms. The first-order valence-corrected chi connectivity index (χ1v) is 6.53. The van der Waals surface area contributed by atoms with Crippen LogP contribution in [0, 0.1) is 17.8 Å². The summed E-state index contributed by atoms with van der Waals surface area (Å²) in [4.78, 5) is 15.8. The molecule has 2 aliphatic carbocycles. The van der Waals surface area contributed by atoms with Gasteiger partial charge in [0.15, 0.2) is 0 Å². The van der Waals surface area contributed by atoms with Crippen molar-refractivity contribution in [1.29, 1.82) is 0 Å². The van der Waals surface area contributed by atoms with Crippen molar-refractivity contribution in [3.05, 3.63) is 18.7 Å². The number of rotatable bonds is 2. The number of aromatic nitrogens is 2. The third kappa shape index (κ3) is 1.96. The minimum Gasteiger partial charge on any atom is -0.335 e. The number of nitrogens with one attached hydrogen (secondary N) is 1. The van der Waals surface area contributed by atoms with Crippen molar-refractivity contribution in [3.63, 3.8) is 0 Å². The van der Waals surface area contributed by atoms with Crippen LogP contribution in [-0.2, 0) is 0 Å². The molecule has 0 saturated heterocycles. The van der Waals surface area contributed by atoms with E-state index >= 15 is 0 Å². The largest absolute Gasteiger partial charge is 0.335 e. The van der Waals surface area contributed by atoms with Crippen molar-refractivity contribution in [2.75, 3.05) is 0 Å². The molecule has 17 heavy (non-hydrogen) atoms. The number of imidazole rings is 1. The second kappa shape index (κ2) is 4.17. The molecule has 92 valence electrons. The van der Waals surface area contributed by atoms with Crippen molar-refractivity contribution in [2.45, 2.75) is 38.6 Å². The predicted molar refractivity (Wildman–Crippen MR) is 64.6 cm³/mol. The summed E-state index contributed by atoms with van der Waals surface area (Å²) in [5.74, 6) is 2.46. The van der Waals surface area contributed by atoms with Crippen LogP contribution in [0.25, 0.3) is 0 Å². The van der Waals surface area contributed by atoms with E-state index in [1.165, 1.54) is 30.3 Å². The Bertz CT molecular complexity index is 401. The summed E-state index contributed by atoms with van der Waals surface area (Å²) in [7, 11) is 0. The molecule has 0 aliphatic heterocycles. The second-order valence-electron chi connectivity index (χ2n) is 5.55. The van der Waals surface area contributed by atoms with E-state index in [2.05, 4.69) is 17.2 Å². The third-order valence-corrected chi connectivity index (χ3v) is 4.53. The van der Waals surface area contributed by atoms with Gasteiger partial charge in [-0.3, -0.25) is 4.57 Å². The highest BCUT2D eigenvalue weighted by Gasteiger charge is 2.42. The van der Waals surface area contributed by atoms with Crippen LogP contribution in [-0.4, -0.2) is 21.6 Å². The number of nitrogens with zero attached hydrogens (tertiary/aromatic N) is 2. The minimum absolute atomic E-state index is 0.0576. The van der Waals surface area contributed by atoms with E-state index in [9.17, 15) is 4.79 Å². The van der Waals surface area contributed by atoms with E-state index in [1.807, 2.05) is 0 Å². The summed E-state index contributed by atoms with van der Waals surface area (Å²) in [5.41, 5.74) is 0. The predicted octanol–water partition coefficient (Wildman–Crippen LogP) is 2.27. The Kier molecular flexibility index (Phi) is 2.65. The highest BCUT2D eigenvalue weighted by atomic mass is 16.2. The van der Waals surface area contributed by atoms with Crippen LogP contribution in [0.15, 0.2) is 18.7 Å². The lowest BCUT2D eigenvalue weighted by Gasteiger charge is -2.28. The molecule has 4 nitrogen and oxygen atoms in total. The summed E-state index contributed by atoms with van der Waals surface area (Å²) >= 11 is 0. The summed E-state index contributed by atoms with van der Waals surface area (Å²) in [6.07, 6.45) is 10.3. The van der Waals surface area contributed by atoms with Gasteiger partial charge in [-0.1, -0.05) is 6.42 Å². The van der Waals surface area contributed by atoms with Crippen molar-refractivity contribution in [1.82, 2.24) is 14.9 Å². The first-order chi connectivity index (χ1) is 8.24. The van der Waals surface area contributed by atoms with Gasteiger partial charge in [-0.15, -0.1) is 0 Å². The lowest BCUT2D eigenvalue weighted by molar-refractivity contribution is 0.221. The van der Waals surface area contributed by atoms with Gasteiger partial charge in [-0.2, -0.15) is 0 Å². The van der Waals surface area contributed by atoms with E-state index in [-0.39, 0.29) is 12.1 Å². The molecule has 1 aromatic rings. The van der Waals surface area contributed by atoms with Gasteiger partial charge >= 0.3 is 6.03 Å². The molecule has 0 unspecified atom stereocenters. The SMILES string of the molecule is C[C@@H](NC(=O)n1ccnc1)[C@H]1C[C@H]2CC[C@H]1C2. The Hall–Kier alpha value is -1.32. The molecule has 4 atom stereocenters. The van der Waals surface area contributed by atoms with Gasteiger partial charge < -0.3 is 5.32 Å². The fourth-order valence-corrected chi connectivity index (χ4v) is 3.66. The molecular formula is C13H19N3O. The molecule has 3 rings (SSSR count). The van der Waals surface area contributed by atoms with Gasteiger partial charge in [0.1, 0.15) is 6.33 Å². The summed E-state index contributed by atoms with van der Waals surface area (Å²) in [6, 6.07) is 0.220. The topological polar surface area (TPSA) is 46.9 Å². The van der Waals surface area contributed by atoms with E-state index in [0.29, 0.717) is 5.92 Å². The molecule has 2 saturated carbocycles. The molecule has 4 heteroatoms. The standard InChI is InChI=1S/C13H19N3O/c1-9(12-7-10-2-3-11(12)6-10)15-13(17)16-5-4-14-8-16/h4-5,8-12H,2-3,6-7H2,1H3,(H,15,17)/t9-,10+,11+,12-/m1/s1. The minimum atomic E-state index is -0.0576. The molecule has 1 aromatic heterocycles. The lowest BCUT2D eigenvalue weighted by Crippen LogP contribution is -2.41.